The number of carboxylic acids is 4. The highest BCUT2D eigenvalue weighted by Crippen LogP contribution is 2.10. The van der Waals surface area contributed by atoms with Gasteiger partial charge in [-0.25, -0.2) is 0 Å². The topological polar surface area (TPSA) is 149 Å². The highest BCUT2D eigenvalue weighted by molar-refractivity contribution is 5.67. The number of hydrogen-bond donors (Lipinski definition) is 4. The van der Waals surface area contributed by atoms with E-state index >= 15 is 0 Å². The lowest BCUT2D eigenvalue weighted by atomic mass is 10.1. The van der Waals surface area contributed by atoms with Crippen LogP contribution in [0.2, 0.25) is 0 Å². The van der Waals surface area contributed by atoms with Gasteiger partial charge in [0.15, 0.2) is 0 Å². The van der Waals surface area contributed by atoms with Gasteiger partial charge < -0.3 is 20.4 Å². The van der Waals surface area contributed by atoms with Crippen molar-refractivity contribution in [3.05, 3.63) is 0 Å². The lowest BCUT2D eigenvalue weighted by Gasteiger charge is -1.99. The van der Waals surface area contributed by atoms with Gasteiger partial charge in [-0.2, -0.15) is 0 Å². The second kappa shape index (κ2) is 23.2. The van der Waals surface area contributed by atoms with E-state index in [2.05, 4.69) is 0 Å². The van der Waals surface area contributed by atoms with Gasteiger partial charge in [0, 0.05) is 25.7 Å². The van der Waals surface area contributed by atoms with E-state index < -0.39 is 23.9 Å². The summed E-state index contributed by atoms with van der Waals surface area (Å²) in [5.41, 5.74) is 0. The molecule has 0 aromatic rings. The van der Waals surface area contributed by atoms with Gasteiger partial charge in [0.05, 0.1) is 0 Å². The molecule has 0 aromatic heterocycles. The van der Waals surface area contributed by atoms with Crippen molar-refractivity contribution < 1.29 is 39.6 Å². The van der Waals surface area contributed by atoms with E-state index in [1.165, 1.54) is 0 Å². The van der Waals surface area contributed by atoms with Crippen LogP contribution >= 0.6 is 0 Å². The van der Waals surface area contributed by atoms with Crippen molar-refractivity contribution >= 4 is 23.9 Å². The third kappa shape index (κ3) is 33.5. The van der Waals surface area contributed by atoms with E-state index in [0.717, 1.165) is 89.9 Å². The number of carboxylic acid groups (broad SMARTS) is 4. The van der Waals surface area contributed by atoms with Crippen LogP contribution in [0.5, 0.6) is 0 Å². The van der Waals surface area contributed by atoms with Crippen molar-refractivity contribution in [2.24, 2.45) is 0 Å². The molecule has 0 amide bonds. The Morgan fingerprint density at radius 3 is 0.567 bits per heavy atom. The maximum atomic E-state index is 10.2. The molecule has 8 heteroatoms. The lowest BCUT2D eigenvalue weighted by molar-refractivity contribution is -0.138. The molecule has 0 aliphatic carbocycles. The molecule has 0 atom stereocenters. The summed E-state index contributed by atoms with van der Waals surface area (Å²) in [7, 11) is 0. The molecule has 0 fully saturated rings. The molecule has 0 unspecified atom stereocenters. The average Bonchev–Trinajstić information content (AvgIpc) is 2.65. The molecule has 0 spiro atoms. The summed E-state index contributed by atoms with van der Waals surface area (Å²) < 4.78 is 0. The van der Waals surface area contributed by atoms with Crippen molar-refractivity contribution in [3.63, 3.8) is 0 Å². The Kier molecular flexibility index (Phi) is 23.2. The summed E-state index contributed by atoms with van der Waals surface area (Å²) >= 11 is 0. The third-order valence-electron chi connectivity index (χ3n) is 4.56. The molecular weight excluding hydrogens is 392 g/mol. The van der Waals surface area contributed by atoms with Crippen molar-refractivity contribution in [1.29, 1.82) is 0 Å². The molecule has 0 bridgehead atoms. The monoisotopic (exact) mass is 432 g/mol. The van der Waals surface area contributed by atoms with E-state index in [9.17, 15) is 19.2 Å². The molecule has 0 saturated carbocycles. The molecule has 0 saturated heterocycles. The number of unbranched alkanes of at least 4 members (excludes halogenated alkanes) is 12. The summed E-state index contributed by atoms with van der Waals surface area (Å²) in [6.07, 6.45) is 14.3. The van der Waals surface area contributed by atoms with Crippen LogP contribution in [0.4, 0.5) is 0 Å². The molecule has 0 heterocycles. The fraction of sp³-hybridized carbons (Fsp3) is 0.818. The minimum absolute atomic E-state index is 0.263. The van der Waals surface area contributed by atoms with Crippen LogP contribution in [-0.2, 0) is 19.2 Å². The second-order valence-corrected chi connectivity index (χ2v) is 7.52. The summed E-state index contributed by atoms with van der Waals surface area (Å²) in [6, 6.07) is 0. The molecule has 0 radical (unpaired) electrons. The van der Waals surface area contributed by atoms with Crippen LogP contribution in [0, 0.1) is 0 Å². The first-order valence-corrected chi connectivity index (χ1v) is 11.1. The zero-order valence-corrected chi connectivity index (χ0v) is 18.1. The minimum atomic E-state index is -0.726. The normalized spacial score (nSPS) is 10.1. The van der Waals surface area contributed by atoms with Crippen LogP contribution in [0.1, 0.15) is 116 Å². The molecule has 0 aromatic carbocycles. The van der Waals surface area contributed by atoms with Gasteiger partial charge in [-0.3, -0.25) is 19.2 Å². The highest BCUT2D eigenvalue weighted by Gasteiger charge is 1.99. The number of aliphatic carboxylic acids is 4. The molecular formula is C22H40O8. The first-order chi connectivity index (χ1) is 14.3. The predicted molar refractivity (Wildman–Crippen MR) is 114 cm³/mol. The van der Waals surface area contributed by atoms with Crippen LogP contribution in [-0.4, -0.2) is 44.3 Å². The highest BCUT2D eigenvalue weighted by atomic mass is 16.4. The van der Waals surface area contributed by atoms with Gasteiger partial charge >= 0.3 is 23.9 Å². The van der Waals surface area contributed by atoms with Crippen LogP contribution in [0.15, 0.2) is 0 Å². The second-order valence-electron chi connectivity index (χ2n) is 7.52. The average molecular weight is 433 g/mol. The zero-order valence-electron chi connectivity index (χ0n) is 18.1. The molecule has 0 aliphatic rings. The SMILES string of the molecule is O=C(O)CCCCCCCCCC(=O)O.O=C(O)CCCCCCCCCC(=O)O. The summed E-state index contributed by atoms with van der Waals surface area (Å²) in [5.74, 6) is -2.90. The summed E-state index contributed by atoms with van der Waals surface area (Å²) in [4.78, 5) is 40.7. The molecule has 30 heavy (non-hydrogen) atoms. The van der Waals surface area contributed by atoms with E-state index in [1.807, 2.05) is 0 Å². The summed E-state index contributed by atoms with van der Waals surface area (Å²) in [6.45, 7) is 0. The molecule has 0 aliphatic heterocycles. The number of hydrogen-bond acceptors (Lipinski definition) is 4. The Bertz CT molecular complexity index is 380. The Hall–Kier alpha value is -2.12. The van der Waals surface area contributed by atoms with E-state index in [1.54, 1.807) is 0 Å². The lowest BCUT2D eigenvalue weighted by Crippen LogP contribution is -1.94. The van der Waals surface area contributed by atoms with Gasteiger partial charge in [-0.1, -0.05) is 64.2 Å². The van der Waals surface area contributed by atoms with Crippen molar-refractivity contribution in [2.75, 3.05) is 0 Å². The van der Waals surface area contributed by atoms with Crippen molar-refractivity contribution in [1.82, 2.24) is 0 Å². The molecule has 8 nitrogen and oxygen atoms in total. The molecule has 4 N–H and O–H groups in total. The maximum absolute atomic E-state index is 10.2. The van der Waals surface area contributed by atoms with Gasteiger partial charge in [0.2, 0.25) is 0 Å². The van der Waals surface area contributed by atoms with Crippen LogP contribution in [0.3, 0.4) is 0 Å². The van der Waals surface area contributed by atoms with Crippen LogP contribution < -0.4 is 0 Å². The van der Waals surface area contributed by atoms with Crippen molar-refractivity contribution in [3.8, 4) is 0 Å². The predicted octanol–water partition coefficient (Wildman–Crippen LogP) is 5.33. The van der Waals surface area contributed by atoms with Gasteiger partial charge in [-0.05, 0) is 25.7 Å². The minimum Gasteiger partial charge on any atom is -0.481 e. The fourth-order valence-electron chi connectivity index (χ4n) is 2.87. The van der Waals surface area contributed by atoms with Gasteiger partial charge in [0.25, 0.3) is 0 Å². The first-order valence-electron chi connectivity index (χ1n) is 11.1. The largest absolute Gasteiger partial charge is 0.481 e. The molecule has 0 rings (SSSR count). The van der Waals surface area contributed by atoms with E-state index in [0.29, 0.717) is 0 Å². The number of carbonyl (C=O) groups is 4. The van der Waals surface area contributed by atoms with Gasteiger partial charge in [0.1, 0.15) is 0 Å². The van der Waals surface area contributed by atoms with E-state index in [4.69, 9.17) is 20.4 Å². The fourth-order valence-corrected chi connectivity index (χ4v) is 2.87. The van der Waals surface area contributed by atoms with Gasteiger partial charge in [-0.15, -0.1) is 0 Å². The Balaban J connectivity index is 0. The quantitative estimate of drug-likeness (QED) is 0.188. The zero-order chi connectivity index (χ0) is 23.0. The Morgan fingerprint density at radius 2 is 0.433 bits per heavy atom. The Morgan fingerprint density at radius 1 is 0.300 bits per heavy atom. The Labute approximate surface area is 179 Å². The maximum Gasteiger partial charge on any atom is 0.303 e. The number of rotatable bonds is 20. The standard InChI is InChI=1S/2C11H20O4/c2*12-10(13)8-6-4-2-1-3-5-7-9-11(14)15/h2*1-9H2,(H,12,13)(H,14,15). The molecule has 176 valence electrons. The summed E-state index contributed by atoms with van der Waals surface area (Å²) in [5, 5.41) is 33.5. The van der Waals surface area contributed by atoms with Crippen LogP contribution in [0.25, 0.3) is 0 Å². The van der Waals surface area contributed by atoms with Crippen molar-refractivity contribution in [2.45, 2.75) is 116 Å². The smallest absolute Gasteiger partial charge is 0.303 e. The first kappa shape index (κ1) is 30.1. The third-order valence-corrected chi connectivity index (χ3v) is 4.56. The van der Waals surface area contributed by atoms with E-state index in [-0.39, 0.29) is 25.7 Å².